The Morgan fingerprint density at radius 3 is 2.00 bits per heavy atom. The van der Waals surface area contributed by atoms with Gasteiger partial charge in [-0.25, -0.2) is 4.39 Å². The Morgan fingerprint density at radius 1 is 0.852 bits per heavy atom. The van der Waals surface area contributed by atoms with Gasteiger partial charge in [0.25, 0.3) is 11.8 Å². The summed E-state index contributed by atoms with van der Waals surface area (Å²) >= 11 is 0. The smallest absolute Gasteiger partial charge is 0.387 e. The van der Waals surface area contributed by atoms with Gasteiger partial charge >= 0.3 is 6.61 Å². The molecule has 8 heteroatoms. The number of hydrogen-bond donors (Lipinski definition) is 0. The van der Waals surface area contributed by atoms with Crippen LogP contribution in [0.5, 0.6) is 5.75 Å². The van der Waals surface area contributed by atoms with Crippen LogP contribution in [0.3, 0.4) is 0 Å². The molecular weight excluding hydrogens is 361 g/mol. The molecule has 27 heavy (non-hydrogen) atoms. The molecule has 1 aliphatic heterocycles. The SMILES string of the molecule is O=C(c1ccc(F)cc1)N1CCN(C(=O)c2ccccc2OC(F)F)CC1. The van der Waals surface area contributed by atoms with Gasteiger partial charge in [-0.15, -0.1) is 0 Å². The molecule has 0 bridgehead atoms. The number of amides is 2. The highest BCUT2D eigenvalue weighted by molar-refractivity contribution is 5.97. The number of carbonyl (C=O) groups excluding carboxylic acids is 2. The van der Waals surface area contributed by atoms with Crippen molar-refractivity contribution in [3.63, 3.8) is 0 Å². The molecule has 0 atom stereocenters. The average molecular weight is 378 g/mol. The fourth-order valence-corrected chi connectivity index (χ4v) is 2.90. The third kappa shape index (κ3) is 4.39. The molecular formula is C19H17F3N2O3. The first-order valence-corrected chi connectivity index (χ1v) is 8.33. The summed E-state index contributed by atoms with van der Waals surface area (Å²) in [6.45, 7) is -1.92. The van der Waals surface area contributed by atoms with Crippen LogP contribution >= 0.6 is 0 Å². The summed E-state index contributed by atoms with van der Waals surface area (Å²) in [5.74, 6) is -1.28. The Bertz CT molecular complexity index is 819. The number of para-hydroxylation sites is 1. The van der Waals surface area contributed by atoms with Gasteiger partial charge in [0.2, 0.25) is 0 Å². The minimum absolute atomic E-state index is 0.0520. The average Bonchev–Trinajstić information content (AvgIpc) is 2.68. The highest BCUT2D eigenvalue weighted by atomic mass is 19.3. The minimum atomic E-state index is -3.02. The molecule has 0 aromatic heterocycles. The Morgan fingerprint density at radius 2 is 1.41 bits per heavy atom. The van der Waals surface area contributed by atoms with Crippen LogP contribution in [0, 0.1) is 5.82 Å². The first-order chi connectivity index (χ1) is 13.0. The Hall–Kier alpha value is -3.03. The van der Waals surface area contributed by atoms with Gasteiger partial charge < -0.3 is 14.5 Å². The molecule has 5 nitrogen and oxygen atoms in total. The molecule has 2 aromatic rings. The maximum absolute atomic E-state index is 13.0. The second-order valence-electron chi connectivity index (χ2n) is 5.97. The highest BCUT2D eigenvalue weighted by Crippen LogP contribution is 2.22. The second-order valence-corrected chi connectivity index (χ2v) is 5.97. The van der Waals surface area contributed by atoms with Crippen molar-refractivity contribution in [1.29, 1.82) is 0 Å². The lowest BCUT2D eigenvalue weighted by atomic mass is 10.1. The summed E-state index contributed by atoms with van der Waals surface area (Å²) in [5.41, 5.74) is 0.419. The van der Waals surface area contributed by atoms with E-state index in [9.17, 15) is 22.8 Å². The van der Waals surface area contributed by atoms with Crippen molar-refractivity contribution in [3.05, 3.63) is 65.5 Å². The molecule has 1 aliphatic rings. The number of alkyl halides is 2. The number of benzene rings is 2. The number of ether oxygens (including phenoxy) is 1. The molecule has 1 saturated heterocycles. The third-order valence-corrected chi connectivity index (χ3v) is 4.28. The van der Waals surface area contributed by atoms with Crippen molar-refractivity contribution < 1.29 is 27.5 Å². The number of carbonyl (C=O) groups is 2. The van der Waals surface area contributed by atoms with Gasteiger partial charge in [0.05, 0.1) is 5.56 Å². The van der Waals surface area contributed by atoms with Crippen LogP contribution in [-0.2, 0) is 0 Å². The monoisotopic (exact) mass is 378 g/mol. The van der Waals surface area contributed by atoms with E-state index < -0.39 is 18.3 Å². The summed E-state index contributed by atoms with van der Waals surface area (Å²) in [4.78, 5) is 28.1. The minimum Gasteiger partial charge on any atom is -0.434 e. The van der Waals surface area contributed by atoms with Gasteiger partial charge in [0, 0.05) is 31.7 Å². The standard InChI is InChI=1S/C19H17F3N2O3/c20-14-7-5-13(6-8-14)17(25)23-9-11-24(12-10-23)18(26)15-3-1-2-4-16(15)27-19(21)22/h1-8,19H,9-12H2. The maximum Gasteiger partial charge on any atom is 0.387 e. The van der Waals surface area contributed by atoms with Crippen LogP contribution in [0.2, 0.25) is 0 Å². The fraction of sp³-hybridized carbons (Fsp3) is 0.263. The zero-order valence-electron chi connectivity index (χ0n) is 14.3. The van der Waals surface area contributed by atoms with E-state index >= 15 is 0 Å². The summed E-state index contributed by atoms with van der Waals surface area (Å²) in [5, 5.41) is 0. The van der Waals surface area contributed by atoms with E-state index in [0.717, 1.165) is 0 Å². The third-order valence-electron chi connectivity index (χ3n) is 4.28. The van der Waals surface area contributed by atoms with Crippen LogP contribution in [0.15, 0.2) is 48.5 Å². The molecule has 2 amide bonds. The molecule has 0 N–H and O–H groups in total. The zero-order valence-corrected chi connectivity index (χ0v) is 14.3. The van der Waals surface area contributed by atoms with Crippen molar-refractivity contribution in [1.82, 2.24) is 9.80 Å². The van der Waals surface area contributed by atoms with Gasteiger partial charge in [0.15, 0.2) is 0 Å². The van der Waals surface area contributed by atoms with E-state index in [1.807, 2.05) is 0 Å². The number of nitrogens with zero attached hydrogens (tertiary/aromatic N) is 2. The lowest BCUT2D eigenvalue weighted by Crippen LogP contribution is -2.50. The van der Waals surface area contributed by atoms with Crippen LogP contribution in [0.1, 0.15) is 20.7 Å². The van der Waals surface area contributed by atoms with Crippen LogP contribution in [-0.4, -0.2) is 54.4 Å². The van der Waals surface area contributed by atoms with Crippen molar-refractivity contribution >= 4 is 11.8 Å². The predicted molar refractivity (Wildman–Crippen MR) is 91.3 cm³/mol. The normalized spacial score (nSPS) is 14.4. The molecule has 0 aliphatic carbocycles. The first kappa shape index (κ1) is 18.8. The summed E-state index contributed by atoms with van der Waals surface area (Å²) in [6.07, 6.45) is 0. The lowest BCUT2D eigenvalue weighted by Gasteiger charge is -2.35. The molecule has 142 valence electrons. The fourth-order valence-electron chi connectivity index (χ4n) is 2.90. The van der Waals surface area contributed by atoms with Crippen LogP contribution in [0.4, 0.5) is 13.2 Å². The molecule has 0 unspecified atom stereocenters. The van der Waals surface area contributed by atoms with Crippen LogP contribution < -0.4 is 4.74 Å². The summed E-state index contributed by atoms with van der Waals surface area (Å²) < 4.78 is 42.4. The van der Waals surface area contributed by atoms with Crippen molar-refractivity contribution in [3.8, 4) is 5.75 Å². The van der Waals surface area contributed by atoms with Gasteiger partial charge in [-0.1, -0.05) is 12.1 Å². The molecule has 3 rings (SSSR count). The van der Waals surface area contributed by atoms with Crippen molar-refractivity contribution in [2.24, 2.45) is 0 Å². The summed E-state index contributed by atoms with van der Waals surface area (Å²) in [6, 6.07) is 11.1. The Kier molecular flexibility index (Phi) is 5.63. The highest BCUT2D eigenvalue weighted by Gasteiger charge is 2.27. The topological polar surface area (TPSA) is 49.9 Å². The van der Waals surface area contributed by atoms with Crippen LogP contribution in [0.25, 0.3) is 0 Å². The van der Waals surface area contributed by atoms with E-state index in [-0.39, 0.29) is 30.3 Å². The second kappa shape index (κ2) is 8.11. The van der Waals surface area contributed by atoms with E-state index in [2.05, 4.69) is 4.74 Å². The molecule has 0 spiro atoms. The Labute approximate surface area is 153 Å². The quantitative estimate of drug-likeness (QED) is 0.822. The number of hydrogen-bond acceptors (Lipinski definition) is 3. The lowest BCUT2D eigenvalue weighted by molar-refractivity contribution is -0.0503. The van der Waals surface area contributed by atoms with Gasteiger partial charge in [0.1, 0.15) is 11.6 Å². The zero-order chi connectivity index (χ0) is 19.4. The molecule has 0 saturated carbocycles. The number of piperazine rings is 1. The van der Waals surface area contributed by atoms with E-state index in [1.54, 1.807) is 11.0 Å². The molecule has 1 fully saturated rings. The number of halogens is 3. The van der Waals surface area contributed by atoms with Crippen molar-refractivity contribution in [2.45, 2.75) is 6.61 Å². The summed E-state index contributed by atoms with van der Waals surface area (Å²) in [7, 11) is 0. The maximum atomic E-state index is 13.0. The number of rotatable bonds is 4. The van der Waals surface area contributed by atoms with Gasteiger partial charge in [-0.2, -0.15) is 8.78 Å². The molecule has 1 heterocycles. The Balaban J connectivity index is 1.64. The van der Waals surface area contributed by atoms with Gasteiger partial charge in [-0.3, -0.25) is 9.59 Å². The van der Waals surface area contributed by atoms with Gasteiger partial charge in [-0.05, 0) is 36.4 Å². The van der Waals surface area contributed by atoms with E-state index in [1.165, 1.54) is 47.4 Å². The van der Waals surface area contributed by atoms with Crippen molar-refractivity contribution in [2.75, 3.05) is 26.2 Å². The predicted octanol–water partition coefficient (Wildman–Crippen LogP) is 3.03. The first-order valence-electron chi connectivity index (χ1n) is 8.33. The largest absolute Gasteiger partial charge is 0.434 e. The molecule has 2 aromatic carbocycles. The molecule has 0 radical (unpaired) electrons. The van der Waals surface area contributed by atoms with E-state index in [4.69, 9.17) is 0 Å². The van der Waals surface area contributed by atoms with E-state index in [0.29, 0.717) is 18.7 Å².